The Hall–Kier alpha value is -4.90. The first-order chi connectivity index (χ1) is 27.4. The van der Waals surface area contributed by atoms with E-state index in [2.05, 4.69) is 73.6 Å². The predicted octanol–water partition coefficient (Wildman–Crippen LogP) is 13.2. The van der Waals surface area contributed by atoms with Gasteiger partial charge in [-0.25, -0.2) is 4.39 Å². The summed E-state index contributed by atoms with van der Waals surface area (Å²) >= 11 is 0. The minimum Gasteiger partial charge on any atom is -0.500 e. The van der Waals surface area contributed by atoms with Gasteiger partial charge >= 0.3 is 0 Å². The number of furan rings is 1. The van der Waals surface area contributed by atoms with Gasteiger partial charge in [-0.2, -0.15) is 0 Å². The van der Waals surface area contributed by atoms with Crippen molar-refractivity contribution in [1.82, 2.24) is 14.5 Å². The molecule has 3 aromatic heterocycles. The number of fused-ring (bicyclic) bond motifs is 4. The van der Waals surface area contributed by atoms with Crippen LogP contribution in [0, 0.1) is 30.2 Å². The number of hydrogen-bond acceptors (Lipinski definition) is 3. The predicted molar refractivity (Wildman–Crippen MR) is 217 cm³/mol. The average molecular weight is 897 g/mol. The van der Waals surface area contributed by atoms with Gasteiger partial charge in [-0.3, -0.25) is 4.98 Å². The quantitative estimate of drug-likeness (QED) is 0.156. The standard InChI is InChI=1S/C31H26FN2O.C17H20N.Ir/c1-18(2)21-9-7-10-22(19(3)4)29(21)34-27-14-6-5-13-26(27)33-31(34)25-12-8-11-24-23-16-15-20(32)17-28(23)35-30(24)25;1-13-12-18-16(14-8-6-5-7-9-14)10-15(13)11-17(2,3)4;/h5-11,13-19H,1-4H3;5-8,10,12H,11H2,1-4H3;/q2*-1;/i;1D3,11D2;. The molecule has 0 amide bonds. The van der Waals surface area contributed by atoms with Crippen molar-refractivity contribution in [3.8, 4) is 28.3 Å². The molecular formula is C48H46FIrN3O-2. The average Bonchev–Trinajstić information content (AvgIpc) is 3.75. The molecule has 0 saturated carbocycles. The Morgan fingerprint density at radius 2 is 1.59 bits per heavy atom. The number of halogens is 1. The second-order valence-corrected chi connectivity index (χ2v) is 15.0. The van der Waals surface area contributed by atoms with Gasteiger partial charge in [0.15, 0.2) is 0 Å². The SMILES string of the molecule is CC(C)c1cccc(C(C)C)c1-n1c(-c2[c-]ccc3c2oc2cc(F)ccc23)nc2ccccc21.[2H]C([2H])([2H])c1cnc(-c2[c-]cccc2)cc1C([2H])([2H])C(C)(C)C.[Ir]. The van der Waals surface area contributed by atoms with E-state index >= 15 is 0 Å². The third-order valence-corrected chi connectivity index (χ3v) is 9.14. The van der Waals surface area contributed by atoms with Gasteiger partial charge in [-0.1, -0.05) is 101 Å². The maximum atomic E-state index is 14.0. The van der Waals surface area contributed by atoms with Gasteiger partial charge in [0.25, 0.3) is 0 Å². The normalized spacial score (nSPS) is 13.6. The number of pyridine rings is 1. The van der Waals surface area contributed by atoms with Crippen molar-refractivity contribution in [1.29, 1.82) is 0 Å². The van der Waals surface area contributed by atoms with Gasteiger partial charge in [0.1, 0.15) is 11.4 Å². The molecule has 277 valence electrons. The number of para-hydroxylation sites is 3. The first-order valence-corrected chi connectivity index (χ1v) is 18.0. The monoisotopic (exact) mass is 897 g/mol. The molecule has 4 nitrogen and oxygen atoms in total. The molecule has 1 radical (unpaired) electrons. The van der Waals surface area contributed by atoms with Crippen LogP contribution in [0.25, 0.3) is 61.3 Å². The Kier molecular flexibility index (Phi) is 9.53. The number of aromatic nitrogens is 3. The van der Waals surface area contributed by atoms with Crippen LogP contribution in [0.15, 0.2) is 114 Å². The van der Waals surface area contributed by atoms with Crippen molar-refractivity contribution in [3.63, 3.8) is 0 Å². The molecule has 0 aliphatic heterocycles. The molecule has 0 spiro atoms. The second kappa shape index (κ2) is 15.8. The zero-order valence-corrected chi connectivity index (χ0v) is 33.9. The Balaban J connectivity index is 0.000000213. The van der Waals surface area contributed by atoms with E-state index in [1.807, 2.05) is 48.5 Å². The zero-order chi connectivity index (χ0) is 41.7. The Morgan fingerprint density at radius 3 is 2.28 bits per heavy atom. The topological polar surface area (TPSA) is 43.9 Å². The number of imidazole rings is 1. The van der Waals surface area contributed by atoms with Crippen molar-refractivity contribution < 1.29 is 35.8 Å². The van der Waals surface area contributed by atoms with Gasteiger partial charge in [-0.05, 0) is 77.1 Å². The Bertz CT molecular complexity index is 2740. The second-order valence-electron chi connectivity index (χ2n) is 15.0. The van der Waals surface area contributed by atoms with Crippen LogP contribution in [0.5, 0.6) is 0 Å². The summed E-state index contributed by atoms with van der Waals surface area (Å²) in [5, 5.41) is 1.80. The summed E-state index contributed by atoms with van der Waals surface area (Å²) in [7, 11) is 0. The Labute approximate surface area is 338 Å². The van der Waals surface area contributed by atoms with E-state index in [1.165, 1.54) is 29.5 Å². The van der Waals surface area contributed by atoms with Gasteiger partial charge in [0.2, 0.25) is 0 Å². The molecule has 5 aromatic carbocycles. The van der Waals surface area contributed by atoms with E-state index in [-0.39, 0.29) is 37.0 Å². The van der Waals surface area contributed by atoms with E-state index in [1.54, 1.807) is 39.0 Å². The largest absolute Gasteiger partial charge is 0.500 e. The summed E-state index contributed by atoms with van der Waals surface area (Å²) in [6.07, 6.45) is -0.550. The van der Waals surface area contributed by atoms with Crippen molar-refractivity contribution in [2.45, 2.75) is 73.5 Å². The minimum atomic E-state index is -2.42. The van der Waals surface area contributed by atoms with E-state index in [9.17, 15) is 4.39 Å². The molecule has 3 heterocycles. The third kappa shape index (κ3) is 7.82. The molecule has 8 rings (SSSR count). The fourth-order valence-electron chi connectivity index (χ4n) is 6.73. The summed E-state index contributed by atoms with van der Waals surface area (Å²) in [5.41, 5.74) is 8.16. The van der Waals surface area contributed by atoms with Crippen molar-refractivity contribution >= 4 is 33.0 Å². The third-order valence-electron chi connectivity index (χ3n) is 9.14. The molecule has 0 saturated heterocycles. The van der Waals surface area contributed by atoms with Gasteiger partial charge < -0.3 is 14.0 Å². The number of hydrogen-bond donors (Lipinski definition) is 0. The summed E-state index contributed by atoms with van der Waals surface area (Å²) in [6, 6.07) is 38.5. The number of nitrogens with zero attached hydrogens (tertiary/aromatic N) is 3. The van der Waals surface area contributed by atoms with Crippen LogP contribution in [0.3, 0.4) is 0 Å². The van der Waals surface area contributed by atoms with Crippen LogP contribution < -0.4 is 0 Å². The van der Waals surface area contributed by atoms with E-state index < -0.39 is 18.6 Å². The van der Waals surface area contributed by atoms with Crippen LogP contribution in [0.4, 0.5) is 4.39 Å². The molecule has 6 heteroatoms. The molecule has 8 aromatic rings. The van der Waals surface area contributed by atoms with E-state index in [4.69, 9.17) is 16.3 Å². The smallest absolute Gasteiger partial charge is 0.126 e. The van der Waals surface area contributed by atoms with Crippen LogP contribution in [-0.4, -0.2) is 14.5 Å². The van der Waals surface area contributed by atoms with Crippen molar-refractivity contribution in [3.05, 3.63) is 150 Å². The summed E-state index contributed by atoms with van der Waals surface area (Å²) < 4.78 is 62.5. The number of aryl methyl sites for hydroxylation is 1. The Morgan fingerprint density at radius 1 is 0.852 bits per heavy atom. The van der Waals surface area contributed by atoms with E-state index in [0.29, 0.717) is 34.3 Å². The molecule has 0 unspecified atom stereocenters. The number of rotatable bonds is 6. The molecule has 0 atom stereocenters. The van der Waals surface area contributed by atoms with Crippen LogP contribution in [0.1, 0.15) is 89.4 Å². The van der Waals surface area contributed by atoms with Crippen molar-refractivity contribution in [2.75, 3.05) is 0 Å². The number of benzene rings is 5. The minimum absolute atomic E-state index is 0. The molecule has 0 N–H and O–H groups in total. The van der Waals surface area contributed by atoms with Crippen LogP contribution in [0.2, 0.25) is 0 Å². The summed E-state index contributed by atoms with van der Waals surface area (Å²) in [5.74, 6) is 1.10. The summed E-state index contributed by atoms with van der Waals surface area (Å²) in [4.78, 5) is 9.31. The zero-order valence-electron chi connectivity index (χ0n) is 36.5. The first-order valence-electron chi connectivity index (χ1n) is 20.5. The maximum Gasteiger partial charge on any atom is 0.126 e. The van der Waals surface area contributed by atoms with Crippen LogP contribution >= 0.6 is 0 Å². The molecule has 54 heavy (non-hydrogen) atoms. The van der Waals surface area contributed by atoms with Gasteiger partial charge in [0.05, 0.1) is 22.4 Å². The fourth-order valence-corrected chi connectivity index (χ4v) is 6.73. The van der Waals surface area contributed by atoms with Crippen molar-refractivity contribution in [2.24, 2.45) is 5.41 Å². The molecule has 0 bridgehead atoms. The van der Waals surface area contributed by atoms with Gasteiger partial charge in [0, 0.05) is 50.3 Å². The van der Waals surface area contributed by atoms with E-state index in [0.717, 1.165) is 38.9 Å². The molecular weight excluding hydrogens is 846 g/mol. The van der Waals surface area contributed by atoms with Gasteiger partial charge in [-0.15, -0.1) is 54.1 Å². The van der Waals surface area contributed by atoms with Crippen LogP contribution in [-0.2, 0) is 26.5 Å². The summed E-state index contributed by atoms with van der Waals surface area (Å²) in [6.45, 7) is 11.7. The molecule has 0 aliphatic rings. The molecule has 0 fully saturated rings. The molecule has 0 aliphatic carbocycles. The fraction of sp³-hybridized carbons (Fsp3) is 0.250. The maximum absolute atomic E-state index is 14.0. The first kappa shape index (κ1) is 32.5.